The minimum Gasteiger partial charge on any atom is -0.504 e. The highest BCUT2D eigenvalue weighted by Crippen LogP contribution is 2.28. The number of hydrogen-bond acceptors (Lipinski definition) is 7. The molecule has 2 aromatic carbocycles. The number of nitrogens with zero attached hydrogens (tertiary/aromatic N) is 1. The van der Waals surface area contributed by atoms with Gasteiger partial charge in [0.15, 0.2) is 11.5 Å². The Hall–Kier alpha value is -3.07. The zero-order chi connectivity index (χ0) is 17.9. The van der Waals surface area contributed by atoms with E-state index in [-0.39, 0.29) is 10.5 Å². The van der Waals surface area contributed by atoms with E-state index in [0.717, 1.165) is 18.2 Å². The normalized spacial score (nSPS) is 12.0. The molecule has 0 aliphatic heterocycles. The molecular weight excluding hydrogens is 338 g/mol. The Balaban J connectivity index is 2.54. The summed E-state index contributed by atoms with van der Waals surface area (Å²) in [6, 6.07) is 8.48. The Bertz CT molecular complexity index is 902. The van der Waals surface area contributed by atoms with Gasteiger partial charge < -0.3 is 14.9 Å². The van der Waals surface area contributed by atoms with Crippen LogP contribution in [0.15, 0.2) is 52.4 Å². The Kier molecular flexibility index (Phi) is 4.74. The highest BCUT2D eigenvalue weighted by molar-refractivity contribution is 7.95. The summed E-state index contributed by atoms with van der Waals surface area (Å²) < 4.78 is 29.8. The first-order valence-corrected chi connectivity index (χ1v) is 8.01. The average Bonchev–Trinajstić information content (AvgIpc) is 2.55. The molecule has 0 radical (unpaired) electrons. The number of nitro groups is 1. The third-order valence-corrected chi connectivity index (χ3v) is 4.82. The van der Waals surface area contributed by atoms with E-state index in [1.165, 1.54) is 37.4 Å². The summed E-state index contributed by atoms with van der Waals surface area (Å²) in [4.78, 5) is 9.93. The number of benzene rings is 2. The minimum atomic E-state index is -4.38. The zero-order valence-electron chi connectivity index (χ0n) is 12.4. The molecule has 9 heteroatoms. The molecule has 24 heavy (non-hydrogen) atoms. The second-order valence-electron chi connectivity index (χ2n) is 4.67. The van der Waals surface area contributed by atoms with Gasteiger partial charge in [-0.05, 0) is 42.0 Å². The van der Waals surface area contributed by atoms with Crippen LogP contribution in [-0.4, -0.2) is 30.7 Å². The Labute approximate surface area is 137 Å². The van der Waals surface area contributed by atoms with Crippen molar-refractivity contribution in [1.29, 1.82) is 0 Å². The largest absolute Gasteiger partial charge is 0.504 e. The van der Waals surface area contributed by atoms with Gasteiger partial charge in [0.2, 0.25) is 0 Å². The van der Waals surface area contributed by atoms with Crippen LogP contribution in [0.2, 0.25) is 0 Å². The van der Waals surface area contributed by atoms with Crippen molar-refractivity contribution in [2.24, 2.45) is 0 Å². The predicted octanol–water partition coefficient (Wildman–Crippen LogP) is 2.16. The van der Waals surface area contributed by atoms with Gasteiger partial charge in [-0.15, -0.1) is 0 Å². The first kappa shape index (κ1) is 17.3. The highest BCUT2D eigenvalue weighted by Gasteiger charge is 2.31. The van der Waals surface area contributed by atoms with Crippen molar-refractivity contribution in [1.82, 2.24) is 0 Å². The minimum absolute atomic E-state index is 0.0501. The van der Waals surface area contributed by atoms with Gasteiger partial charge in [-0.25, -0.2) is 8.42 Å². The number of aromatic hydroxyl groups is 2. The summed E-state index contributed by atoms with van der Waals surface area (Å²) >= 11 is 0. The molecule has 0 aromatic heterocycles. The van der Waals surface area contributed by atoms with Gasteiger partial charge >= 0.3 is 5.03 Å². The third kappa shape index (κ3) is 3.46. The van der Waals surface area contributed by atoms with Crippen LogP contribution < -0.4 is 4.74 Å². The van der Waals surface area contributed by atoms with E-state index in [4.69, 9.17) is 4.74 Å². The molecular formula is C15H13NO7S. The molecule has 2 N–H and O–H groups in total. The van der Waals surface area contributed by atoms with Crippen LogP contribution in [0.5, 0.6) is 17.2 Å². The van der Waals surface area contributed by atoms with Crippen molar-refractivity contribution in [3.63, 3.8) is 0 Å². The van der Waals surface area contributed by atoms with Gasteiger partial charge in [-0.1, -0.05) is 6.07 Å². The standard InChI is InChI=1S/C15H13NO7S/c1-23-11-3-5-12(6-4-11)24(21,22)15(16(19)20)9-10-2-7-13(17)14(18)8-10/h2-9,17-18H,1H3/b15-9-. The number of phenolic OH excluding ortho intramolecular Hbond substituents is 2. The predicted molar refractivity (Wildman–Crippen MR) is 84.9 cm³/mol. The Morgan fingerprint density at radius 1 is 1.12 bits per heavy atom. The van der Waals surface area contributed by atoms with Crippen molar-refractivity contribution in [2.75, 3.05) is 7.11 Å². The summed E-state index contributed by atoms with van der Waals surface area (Å²) in [5, 5.41) is 28.8. The molecule has 0 saturated heterocycles. The molecule has 0 amide bonds. The molecule has 0 aliphatic carbocycles. The lowest BCUT2D eigenvalue weighted by Gasteiger charge is -2.04. The lowest BCUT2D eigenvalue weighted by molar-refractivity contribution is -0.410. The number of hydrogen-bond donors (Lipinski definition) is 2. The fourth-order valence-electron chi connectivity index (χ4n) is 1.88. The number of ether oxygens (including phenoxy) is 1. The molecule has 0 unspecified atom stereocenters. The van der Waals surface area contributed by atoms with E-state index in [0.29, 0.717) is 5.75 Å². The molecule has 0 spiro atoms. The van der Waals surface area contributed by atoms with Crippen molar-refractivity contribution in [3.05, 3.63) is 63.2 Å². The van der Waals surface area contributed by atoms with Gasteiger partial charge in [0, 0.05) is 6.08 Å². The zero-order valence-corrected chi connectivity index (χ0v) is 13.2. The van der Waals surface area contributed by atoms with Crippen molar-refractivity contribution < 1.29 is 28.3 Å². The maximum atomic E-state index is 12.5. The average molecular weight is 351 g/mol. The summed E-state index contributed by atoms with van der Waals surface area (Å²) in [6.07, 6.45) is 0.804. The van der Waals surface area contributed by atoms with Crippen molar-refractivity contribution >= 4 is 15.9 Å². The van der Waals surface area contributed by atoms with Gasteiger partial charge in [-0.3, -0.25) is 10.1 Å². The number of phenols is 2. The highest BCUT2D eigenvalue weighted by atomic mass is 32.2. The summed E-state index contributed by atoms with van der Waals surface area (Å²) in [5.41, 5.74) is 0.0501. The van der Waals surface area contributed by atoms with Gasteiger partial charge in [0.25, 0.3) is 9.84 Å². The summed E-state index contributed by atoms with van der Waals surface area (Å²) in [6.45, 7) is 0. The summed E-state index contributed by atoms with van der Waals surface area (Å²) in [5.74, 6) is -0.537. The van der Waals surface area contributed by atoms with Crippen LogP contribution in [0.1, 0.15) is 5.56 Å². The molecule has 0 heterocycles. The molecule has 0 aliphatic rings. The van der Waals surface area contributed by atoms with Gasteiger partial charge in [0.1, 0.15) is 5.75 Å². The lowest BCUT2D eigenvalue weighted by Crippen LogP contribution is -2.12. The van der Waals surface area contributed by atoms with Crippen LogP contribution in [0.25, 0.3) is 6.08 Å². The van der Waals surface area contributed by atoms with E-state index < -0.39 is 31.3 Å². The van der Waals surface area contributed by atoms with Crippen LogP contribution in [0.3, 0.4) is 0 Å². The molecule has 0 fully saturated rings. The second-order valence-corrected chi connectivity index (χ2v) is 6.56. The van der Waals surface area contributed by atoms with Crippen molar-refractivity contribution in [3.8, 4) is 17.2 Å². The third-order valence-electron chi connectivity index (χ3n) is 3.11. The Morgan fingerprint density at radius 2 is 1.75 bits per heavy atom. The summed E-state index contributed by atoms with van der Waals surface area (Å²) in [7, 11) is -2.98. The van der Waals surface area contributed by atoms with Crippen LogP contribution in [0.4, 0.5) is 0 Å². The van der Waals surface area contributed by atoms with Gasteiger partial charge in [0.05, 0.1) is 16.9 Å². The van der Waals surface area contributed by atoms with E-state index in [1.54, 1.807) is 0 Å². The smallest absolute Gasteiger partial charge is 0.364 e. The number of methoxy groups -OCH3 is 1. The molecule has 0 bridgehead atoms. The number of sulfone groups is 1. The van der Waals surface area contributed by atoms with Crippen LogP contribution in [-0.2, 0) is 9.84 Å². The topological polar surface area (TPSA) is 127 Å². The first-order chi connectivity index (χ1) is 11.3. The van der Waals surface area contributed by atoms with E-state index in [1.807, 2.05) is 0 Å². The first-order valence-electron chi connectivity index (χ1n) is 6.53. The van der Waals surface area contributed by atoms with Crippen LogP contribution >= 0.6 is 0 Å². The van der Waals surface area contributed by atoms with E-state index in [2.05, 4.69) is 0 Å². The lowest BCUT2D eigenvalue weighted by atomic mass is 10.2. The second kappa shape index (κ2) is 6.59. The van der Waals surface area contributed by atoms with Crippen molar-refractivity contribution in [2.45, 2.75) is 4.90 Å². The maximum Gasteiger partial charge on any atom is 0.364 e. The monoisotopic (exact) mass is 351 g/mol. The fourth-order valence-corrected chi connectivity index (χ4v) is 3.10. The number of rotatable bonds is 5. The van der Waals surface area contributed by atoms with E-state index >= 15 is 0 Å². The molecule has 126 valence electrons. The SMILES string of the molecule is COc1ccc(S(=O)(=O)/C(=C\c2ccc(O)c(O)c2)[N+](=O)[O-])cc1. The van der Waals surface area contributed by atoms with Gasteiger partial charge in [-0.2, -0.15) is 0 Å². The molecule has 2 aromatic rings. The van der Waals surface area contributed by atoms with E-state index in [9.17, 15) is 28.7 Å². The quantitative estimate of drug-likeness (QED) is 0.480. The van der Waals surface area contributed by atoms with Crippen LogP contribution in [0, 0.1) is 10.1 Å². The molecule has 0 saturated carbocycles. The molecule has 8 nitrogen and oxygen atoms in total. The Morgan fingerprint density at radius 3 is 2.25 bits per heavy atom. The molecule has 2 rings (SSSR count). The maximum absolute atomic E-state index is 12.5. The molecule has 0 atom stereocenters. The fraction of sp³-hybridized carbons (Fsp3) is 0.0667.